The summed E-state index contributed by atoms with van der Waals surface area (Å²) in [7, 11) is -4.82. The first-order chi connectivity index (χ1) is 11.4. The van der Waals surface area contributed by atoms with Gasteiger partial charge in [0.2, 0.25) is 9.84 Å². The van der Waals surface area contributed by atoms with Gasteiger partial charge in [-0.15, -0.1) is 11.3 Å². The molecular weight excluding hydrogens is 358 g/mol. The Bertz CT molecular complexity index is 820. The molecule has 0 fully saturated rings. The van der Waals surface area contributed by atoms with Crippen LogP contribution in [0.2, 0.25) is 0 Å². The Hall–Kier alpha value is -1.84. The topological polar surface area (TPSA) is 75.3 Å². The van der Waals surface area contributed by atoms with Crippen molar-refractivity contribution in [2.75, 3.05) is 11.9 Å². The number of halogens is 2. The number of hydrogen-bond donors (Lipinski definition) is 2. The SMILES string of the molecule is CCNCc1cccc(NC(=O)c2sccc2S(=O)(=O)C(F)F)c1. The molecule has 0 atom stereocenters. The highest BCUT2D eigenvalue weighted by atomic mass is 32.2. The maximum atomic E-state index is 12.7. The van der Waals surface area contributed by atoms with Crippen LogP contribution in [0, 0.1) is 0 Å². The molecule has 1 aromatic heterocycles. The third-order valence-electron chi connectivity index (χ3n) is 3.14. The Labute approximate surface area is 142 Å². The Morgan fingerprint density at radius 2 is 2.04 bits per heavy atom. The average Bonchev–Trinajstić information content (AvgIpc) is 3.03. The summed E-state index contributed by atoms with van der Waals surface area (Å²) >= 11 is 0.802. The summed E-state index contributed by atoms with van der Waals surface area (Å²) in [4.78, 5) is 11.4. The van der Waals surface area contributed by atoms with E-state index in [0.29, 0.717) is 12.2 Å². The monoisotopic (exact) mass is 374 g/mol. The first-order valence-corrected chi connectivity index (χ1v) is 9.49. The fraction of sp³-hybridized carbons (Fsp3) is 0.267. The summed E-state index contributed by atoms with van der Waals surface area (Å²) in [5, 5.41) is 6.99. The first kappa shape index (κ1) is 18.5. The van der Waals surface area contributed by atoms with Crippen molar-refractivity contribution in [2.24, 2.45) is 0 Å². The Balaban J connectivity index is 2.22. The highest BCUT2D eigenvalue weighted by Crippen LogP contribution is 2.27. The van der Waals surface area contributed by atoms with E-state index in [1.54, 1.807) is 18.2 Å². The molecule has 9 heteroatoms. The van der Waals surface area contributed by atoms with Crippen LogP contribution in [-0.4, -0.2) is 26.6 Å². The number of thiophene rings is 1. The molecule has 0 aliphatic carbocycles. The molecule has 1 heterocycles. The molecule has 0 saturated carbocycles. The summed E-state index contributed by atoms with van der Waals surface area (Å²) < 4.78 is 48.6. The number of hydrogen-bond acceptors (Lipinski definition) is 5. The maximum Gasteiger partial charge on any atom is 0.341 e. The molecule has 0 spiro atoms. The largest absolute Gasteiger partial charge is 0.341 e. The van der Waals surface area contributed by atoms with Crippen molar-refractivity contribution in [3.8, 4) is 0 Å². The van der Waals surface area contributed by atoms with Gasteiger partial charge in [-0.05, 0) is 35.7 Å². The molecule has 2 N–H and O–H groups in total. The van der Waals surface area contributed by atoms with E-state index in [-0.39, 0.29) is 4.88 Å². The van der Waals surface area contributed by atoms with Crippen LogP contribution in [0.15, 0.2) is 40.6 Å². The second kappa shape index (κ2) is 7.82. The van der Waals surface area contributed by atoms with Gasteiger partial charge in [0.15, 0.2) is 0 Å². The van der Waals surface area contributed by atoms with Gasteiger partial charge >= 0.3 is 5.76 Å². The number of carbonyl (C=O) groups is 1. The van der Waals surface area contributed by atoms with Crippen molar-refractivity contribution < 1.29 is 22.0 Å². The summed E-state index contributed by atoms with van der Waals surface area (Å²) in [6, 6.07) is 8.00. The van der Waals surface area contributed by atoms with Crippen LogP contribution in [0.1, 0.15) is 22.2 Å². The van der Waals surface area contributed by atoms with Crippen molar-refractivity contribution in [1.82, 2.24) is 5.32 Å². The molecule has 0 radical (unpaired) electrons. The molecule has 2 rings (SSSR count). The molecule has 0 aliphatic heterocycles. The number of carbonyl (C=O) groups excluding carboxylic acids is 1. The number of alkyl halides is 2. The van der Waals surface area contributed by atoms with Gasteiger partial charge in [0.05, 0.1) is 4.90 Å². The Morgan fingerprint density at radius 3 is 2.71 bits per heavy atom. The predicted octanol–water partition coefficient (Wildman–Crippen LogP) is 3.11. The molecule has 130 valence electrons. The molecular formula is C15H16F2N2O3S2. The van der Waals surface area contributed by atoms with Gasteiger partial charge in [-0.25, -0.2) is 8.42 Å². The lowest BCUT2D eigenvalue weighted by atomic mass is 10.2. The molecule has 0 aliphatic rings. The number of nitrogens with one attached hydrogen (secondary N) is 2. The summed E-state index contributed by atoms with van der Waals surface area (Å²) in [6.45, 7) is 3.37. The molecule has 1 amide bonds. The highest BCUT2D eigenvalue weighted by Gasteiger charge is 2.32. The Kier molecular flexibility index (Phi) is 6.03. The number of anilines is 1. The summed E-state index contributed by atoms with van der Waals surface area (Å²) in [6.07, 6.45) is 0. The lowest BCUT2D eigenvalue weighted by molar-refractivity contribution is 0.102. The van der Waals surface area contributed by atoms with Crippen LogP contribution >= 0.6 is 11.3 Å². The van der Waals surface area contributed by atoms with E-state index >= 15 is 0 Å². The minimum absolute atomic E-state index is 0.257. The van der Waals surface area contributed by atoms with Gasteiger partial charge in [0, 0.05) is 12.2 Å². The third kappa shape index (κ3) is 4.16. The van der Waals surface area contributed by atoms with Gasteiger partial charge in [0.25, 0.3) is 5.91 Å². The fourth-order valence-corrected chi connectivity index (χ4v) is 4.06. The van der Waals surface area contributed by atoms with Crippen LogP contribution in [0.25, 0.3) is 0 Å². The number of rotatable bonds is 7. The fourth-order valence-electron chi connectivity index (χ4n) is 2.00. The quantitative estimate of drug-likeness (QED) is 0.781. The number of sulfone groups is 1. The van der Waals surface area contributed by atoms with E-state index in [2.05, 4.69) is 10.6 Å². The average molecular weight is 374 g/mol. The number of benzene rings is 1. The van der Waals surface area contributed by atoms with Gasteiger partial charge in [-0.1, -0.05) is 19.1 Å². The predicted molar refractivity (Wildman–Crippen MR) is 89.3 cm³/mol. The summed E-state index contributed by atoms with van der Waals surface area (Å²) in [5.74, 6) is -4.30. The second-order valence-corrected chi connectivity index (χ2v) is 7.66. The molecule has 5 nitrogen and oxygen atoms in total. The van der Waals surface area contributed by atoms with Crippen molar-refractivity contribution in [1.29, 1.82) is 0 Å². The van der Waals surface area contributed by atoms with Crippen LogP contribution in [0.5, 0.6) is 0 Å². The van der Waals surface area contributed by atoms with Crippen LogP contribution in [-0.2, 0) is 16.4 Å². The van der Waals surface area contributed by atoms with Gasteiger partial charge in [-0.3, -0.25) is 4.79 Å². The molecule has 0 bridgehead atoms. The van der Waals surface area contributed by atoms with E-state index in [9.17, 15) is 22.0 Å². The lowest BCUT2D eigenvalue weighted by Crippen LogP contribution is -2.18. The number of amides is 1. The first-order valence-electron chi connectivity index (χ1n) is 7.06. The molecule has 2 aromatic rings. The van der Waals surface area contributed by atoms with Crippen molar-refractivity contribution >= 4 is 32.8 Å². The maximum absolute atomic E-state index is 12.7. The van der Waals surface area contributed by atoms with E-state index in [1.165, 1.54) is 5.38 Å². The minimum Gasteiger partial charge on any atom is -0.321 e. The molecule has 0 saturated heterocycles. The van der Waals surface area contributed by atoms with Crippen molar-refractivity contribution in [3.63, 3.8) is 0 Å². The standard InChI is InChI=1S/C15H16F2N2O3S2/c1-2-18-9-10-4-3-5-11(8-10)19-14(20)13-12(6-7-23-13)24(21,22)15(16)17/h3-8,15,18H,2,9H2,1H3,(H,19,20). The van der Waals surface area contributed by atoms with Crippen molar-refractivity contribution in [2.45, 2.75) is 24.1 Å². The lowest BCUT2D eigenvalue weighted by Gasteiger charge is -2.08. The minimum atomic E-state index is -4.82. The molecule has 1 aromatic carbocycles. The summed E-state index contributed by atoms with van der Waals surface area (Å²) in [5.41, 5.74) is 1.39. The zero-order valence-corrected chi connectivity index (χ0v) is 14.4. The zero-order valence-electron chi connectivity index (χ0n) is 12.8. The normalized spacial score (nSPS) is 11.7. The second-order valence-electron chi connectivity index (χ2n) is 4.85. The smallest absolute Gasteiger partial charge is 0.321 e. The van der Waals surface area contributed by atoms with Gasteiger partial charge < -0.3 is 10.6 Å². The highest BCUT2D eigenvalue weighted by molar-refractivity contribution is 7.92. The van der Waals surface area contributed by atoms with E-state index < -0.39 is 26.4 Å². The van der Waals surface area contributed by atoms with Crippen LogP contribution in [0.4, 0.5) is 14.5 Å². The van der Waals surface area contributed by atoms with Crippen LogP contribution in [0.3, 0.4) is 0 Å². The molecule has 24 heavy (non-hydrogen) atoms. The van der Waals surface area contributed by atoms with Crippen molar-refractivity contribution in [3.05, 3.63) is 46.2 Å². The van der Waals surface area contributed by atoms with E-state index in [4.69, 9.17) is 0 Å². The molecule has 0 unspecified atom stereocenters. The van der Waals surface area contributed by atoms with E-state index in [0.717, 1.165) is 29.5 Å². The van der Waals surface area contributed by atoms with Crippen LogP contribution < -0.4 is 10.6 Å². The Morgan fingerprint density at radius 1 is 1.29 bits per heavy atom. The van der Waals surface area contributed by atoms with Gasteiger partial charge in [-0.2, -0.15) is 8.78 Å². The van der Waals surface area contributed by atoms with Gasteiger partial charge in [0.1, 0.15) is 4.88 Å². The zero-order chi connectivity index (χ0) is 17.7. The van der Waals surface area contributed by atoms with E-state index in [1.807, 2.05) is 13.0 Å². The third-order valence-corrected chi connectivity index (χ3v) is 5.61.